The minimum atomic E-state index is -3.71. The Morgan fingerprint density at radius 3 is 1.25 bits per heavy atom. The van der Waals surface area contributed by atoms with Crippen molar-refractivity contribution in [3.8, 4) is 34.9 Å². The summed E-state index contributed by atoms with van der Waals surface area (Å²) in [6.07, 6.45) is 5.08. The zero-order valence-electron chi connectivity index (χ0n) is 45.1. The molecule has 9 N–H and O–H groups in total. The van der Waals surface area contributed by atoms with Gasteiger partial charge >= 0.3 is 5.97 Å². The van der Waals surface area contributed by atoms with Gasteiger partial charge < -0.3 is 21.9 Å². The van der Waals surface area contributed by atoms with E-state index in [4.69, 9.17) is 32.0 Å². The molecule has 6 aromatic carbocycles. The number of carboxylic acid groups (broad SMARTS) is 1. The normalized spacial score (nSPS) is 10.3. The molecule has 0 radical (unpaired) electrons. The quantitative estimate of drug-likeness (QED) is 0.0522. The van der Waals surface area contributed by atoms with Crippen LogP contribution < -0.4 is 31.0 Å². The van der Waals surface area contributed by atoms with Crippen LogP contribution in [0.25, 0.3) is 22.8 Å². The van der Waals surface area contributed by atoms with Crippen LogP contribution in [-0.4, -0.2) is 98.8 Å². The van der Waals surface area contributed by atoms with Gasteiger partial charge in [0.15, 0.2) is 11.6 Å². The predicted molar refractivity (Wildman–Crippen MR) is 329 cm³/mol. The highest BCUT2D eigenvalue weighted by Gasteiger charge is 2.15. The van der Waals surface area contributed by atoms with Crippen LogP contribution in [0.5, 0.6) is 0 Å². The monoisotopic (exact) mass is 1310 g/mol. The average Bonchev–Trinajstić information content (AvgIpc) is 3.67. The smallest absolute Gasteiger partial charge is 0.338 e. The second-order valence-electron chi connectivity index (χ2n) is 15.9. The van der Waals surface area contributed by atoms with E-state index in [1.165, 1.54) is 138 Å². The van der Waals surface area contributed by atoms with Crippen LogP contribution in [0.2, 0.25) is 0 Å². The number of benzene rings is 6. The maximum Gasteiger partial charge on any atom is 0.338 e. The van der Waals surface area contributed by atoms with Crippen LogP contribution in [0, 0.1) is 34.3 Å². The zero-order valence-corrected chi connectivity index (χ0v) is 50.0. The highest BCUT2D eigenvalue weighted by atomic mass is 35.7. The molecule has 0 unspecified atom stereocenters. The summed E-state index contributed by atoms with van der Waals surface area (Å²) < 4.78 is 123. The molecule has 2 heterocycles. The summed E-state index contributed by atoms with van der Waals surface area (Å²) in [5.41, 5.74) is 13.2. The van der Waals surface area contributed by atoms with Crippen molar-refractivity contribution in [3.63, 3.8) is 0 Å². The van der Waals surface area contributed by atoms with E-state index in [1.54, 1.807) is 60.7 Å². The van der Waals surface area contributed by atoms with Crippen molar-refractivity contribution in [1.29, 1.82) is 10.5 Å². The predicted octanol–water partition coefficient (Wildman–Crippen LogP) is 7.38. The van der Waals surface area contributed by atoms with Gasteiger partial charge in [0.2, 0.25) is 30.1 Å². The van der Waals surface area contributed by atoms with Gasteiger partial charge in [-0.3, -0.25) is 4.79 Å². The summed E-state index contributed by atoms with van der Waals surface area (Å²) in [6.45, 7) is 0.477. The molecule has 0 fully saturated rings. The topological polar surface area (TPSA) is 390 Å². The van der Waals surface area contributed by atoms with Crippen LogP contribution in [0.15, 0.2) is 190 Å². The number of halogens is 4. The highest BCUT2D eigenvalue weighted by Crippen LogP contribution is 2.19. The molecule has 464 valence electrons. The van der Waals surface area contributed by atoms with Crippen LogP contribution in [0.1, 0.15) is 57.8 Å². The fraction of sp³-hybridized carbons (Fsp3) is 0.143. The molecule has 0 aliphatic rings. The third kappa shape index (κ3) is 25.5. The molecule has 2 aromatic heterocycles. The third-order valence-corrected chi connectivity index (χ3v) is 16.0. The fourth-order valence-corrected chi connectivity index (χ4v) is 9.36. The lowest BCUT2D eigenvalue weighted by Gasteiger charge is -2.08. The van der Waals surface area contributed by atoms with Gasteiger partial charge in [0, 0.05) is 59.7 Å². The average molecular weight is 1320 g/mol. The minimum Gasteiger partial charge on any atom is -0.478 e. The molecule has 87 heavy (non-hydrogen) atoms. The van der Waals surface area contributed by atoms with Crippen molar-refractivity contribution in [1.82, 2.24) is 39.4 Å². The zero-order chi connectivity index (χ0) is 62.7. The first-order valence-electron chi connectivity index (χ1n) is 23.7. The van der Waals surface area contributed by atoms with E-state index in [0.717, 1.165) is 5.56 Å². The highest BCUT2D eigenvalue weighted by molar-refractivity contribution is 8.13. The van der Waals surface area contributed by atoms with Crippen molar-refractivity contribution in [2.75, 3.05) is 28.2 Å². The molecule has 8 aromatic rings. The number of amides is 1. The van der Waals surface area contributed by atoms with Gasteiger partial charge in [0.05, 0.1) is 54.0 Å². The van der Waals surface area contributed by atoms with Crippen LogP contribution in [0.3, 0.4) is 0 Å². The molecule has 0 saturated heterocycles. The van der Waals surface area contributed by atoms with E-state index in [-0.39, 0.29) is 75.9 Å². The SMILES string of the molecule is C.C.CN.CNS(=O)(=O)c1cccc(C#N)c1.CNS(=O)(=O)c1cccc(CN)c1.CNS(=O)(=O)c1cccc(CNC(=O)c2cnc(-c3cccc(F)c3)nc2)c1.Cl.N#Cc1cccc(S(=O)(=O)Cl)c1.O=C(O)c1cnc(-c2cccc(F)c2)nc1. The van der Waals surface area contributed by atoms with E-state index in [9.17, 15) is 52.0 Å². The molecule has 0 saturated carbocycles. The van der Waals surface area contributed by atoms with Crippen molar-refractivity contribution in [2.24, 2.45) is 11.5 Å². The van der Waals surface area contributed by atoms with Crippen LogP contribution in [0.4, 0.5) is 8.78 Å². The van der Waals surface area contributed by atoms with Gasteiger partial charge in [-0.05, 0) is 124 Å². The molecular weight excluding hydrogens is 1250 g/mol. The largest absolute Gasteiger partial charge is 0.478 e. The fourth-order valence-electron chi connectivity index (χ4n) is 6.19. The maximum absolute atomic E-state index is 13.3. The standard InChI is InChI=1S/C19H17FN4O3S.C11H7FN2O2.C8H12N2O2S.C8H8N2O2S.C7H4ClNO2S.CH5N.2CH4.ClH/c1-21-28(26,27)17-7-2-4-13(8-17)10-24-19(25)15-11-22-18(23-12-15)14-5-3-6-16(20)9-14;12-9-3-1-2-7(4-9)10-13-5-8(6-14-10)11(15)16;2*1-10-13(11,12)8-4-2-3-7(5-8)6-9;8-12(10,11)7-3-1-2-6(4-7)5-9;1-2;;;/h2-9,11-12,21H,10H2,1H3,(H,24,25);1-6H,(H,15,16);2-5,10H,6,9H2,1H3;2-5,10H,1H3;1-4H;2H2,1H3;2*1H4;1H. The Morgan fingerprint density at radius 1 is 0.540 bits per heavy atom. The lowest BCUT2D eigenvalue weighted by atomic mass is 10.2. The van der Waals surface area contributed by atoms with Crippen molar-refractivity contribution in [3.05, 3.63) is 215 Å². The second-order valence-corrected chi connectivity index (χ2v) is 24.2. The molecule has 0 aliphatic heterocycles. The summed E-state index contributed by atoms with van der Waals surface area (Å²) in [5.74, 6) is -1.68. The number of nitriles is 2. The number of aromatic carboxylic acids is 1. The number of nitrogens with two attached hydrogens (primary N) is 2. The Labute approximate surface area is 515 Å². The van der Waals surface area contributed by atoms with Gasteiger partial charge in [-0.25, -0.2) is 81.3 Å². The van der Waals surface area contributed by atoms with Crippen molar-refractivity contribution >= 4 is 74.1 Å². The molecule has 0 aliphatic carbocycles. The number of carboxylic acids is 1. The summed E-state index contributed by atoms with van der Waals surface area (Å²) in [6, 6.07) is 39.5. The number of nitrogens with one attached hydrogen (secondary N) is 4. The Morgan fingerprint density at radius 2 is 0.885 bits per heavy atom. The molecule has 0 bridgehead atoms. The molecule has 1 amide bonds. The second kappa shape index (κ2) is 37.8. The first kappa shape index (κ1) is 78.4. The Bertz CT molecular complexity index is 4100. The number of carbonyl (C=O) groups is 2. The van der Waals surface area contributed by atoms with Crippen molar-refractivity contribution in [2.45, 2.75) is 47.5 Å². The van der Waals surface area contributed by atoms with E-state index in [0.29, 0.717) is 40.4 Å². The first-order chi connectivity index (χ1) is 39.8. The molecule has 23 nitrogen and oxygen atoms in total. The Hall–Kier alpha value is -8.56. The number of hydrogen-bond acceptors (Lipinski definition) is 18. The molecule has 0 atom stereocenters. The van der Waals surface area contributed by atoms with Gasteiger partial charge in [-0.2, -0.15) is 10.5 Å². The number of rotatable bonds is 14. The number of hydrogen-bond donors (Lipinski definition) is 7. The van der Waals surface area contributed by atoms with Gasteiger partial charge in [-0.1, -0.05) is 75.5 Å². The van der Waals surface area contributed by atoms with Crippen LogP contribution >= 0.6 is 23.1 Å². The summed E-state index contributed by atoms with van der Waals surface area (Å²) in [5, 5.41) is 28.3. The van der Waals surface area contributed by atoms with E-state index in [1.807, 2.05) is 12.1 Å². The minimum absolute atomic E-state index is 0. The lowest BCUT2D eigenvalue weighted by molar-refractivity contribution is 0.0695. The number of sulfonamides is 3. The molecular formula is C56H62Cl2F2N12O11S4. The van der Waals surface area contributed by atoms with Gasteiger partial charge in [0.25, 0.3) is 15.0 Å². The number of carbonyl (C=O) groups excluding carboxylic acids is 1. The van der Waals surface area contributed by atoms with Gasteiger partial charge in [-0.15, -0.1) is 12.4 Å². The number of nitrogens with zero attached hydrogens (tertiary/aromatic N) is 6. The van der Waals surface area contributed by atoms with Crippen molar-refractivity contribution < 1.29 is 57.1 Å². The van der Waals surface area contributed by atoms with E-state index in [2.05, 4.69) is 45.2 Å². The van der Waals surface area contributed by atoms with E-state index >= 15 is 0 Å². The Balaban J connectivity index is 0.00000109. The maximum atomic E-state index is 13.3. The number of aromatic nitrogens is 4. The van der Waals surface area contributed by atoms with Crippen LogP contribution in [-0.2, 0) is 52.2 Å². The Kier molecular flexibility index (Phi) is 34.1. The lowest BCUT2D eigenvalue weighted by Crippen LogP contribution is -2.23. The van der Waals surface area contributed by atoms with Gasteiger partial charge in [0.1, 0.15) is 11.6 Å². The summed E-state index contributed by atoms with van der Waals surface area (Å²) in [7, 11) is -3.45. The summed E-state index contributed by atoms with van der Waals surface area (Å²) in [4.78, 5) is 39.2. The molecule has 8 rings (SSSR count). The first-order valence-corrected chi connectivity index (χ1v) is 30.4. The summed E-state index contributed by atoms with van der Waals surface area (Å²) >= 11 is 0. The molecule has 0 spiro atoms. The third-order valence-electron chi connectivity index (χ3n) is 10.4. The van der Waals surface area contributed by atoms with E-state index < -0.39 is 56.8 Å². The molecule has 31 heteroatoms.